The molecule has 0 spiro atoms. The fourth-order valence-corrected chi connectivity index (χ4v) is 1.93. The van der Waals surface area contributed by atoms with Gasteiger partial charge in [0, 0.05) is 19.6 Å². The van der Waals surface area contributed by atoms with Gasteiger partial charge in [0.05, 0.1) is 18.9 Å². The molecule has 1 fully saturated rings. The summed E-state index contributed by atoms with van der Waals surface area (Å²) in [5.74, 6) is 0.528. The molecule has 17 heavy (non-hydrogen) atoms. The van der Waals surface area contributed by atoms with E-state index in [-0.39, 0.29) is 12.0 Å². The summed E-state index contributed by atoms with van der Waals surface area (Å²) in [6, 6.07) is 0. The number of amides is 1. The second kappa shape index (κ2) is 5.29. The number of carbonyl (C=O) groups is 1. The van der Waals surface area contributed by atoms with Crippen molar-refractivity contribution in [2.24, 2.45) is 0 Å². The van der Waals surface area contributed by atoms with Crippen molar-refractivity contribution in [2.45, 2.75) is 13.0 Å². The molecule has 6 heteroatoms. The third kappa shape index (κ3) is 2.65. The van der Waals surface area contributed by atoms with Crippen molar-refractivity contribution in [3.63, 3.8) is 0 Å². The van der Waals surface area contributed by atoms with E-state index in [1.165, 1.54) is 6.20 Å². The van der Waals surface area contributed by atoms with Crippen LogP contribution < -0.4 is 5.32 Å². The van der Waals surface area contributed by atoms with Crippen molar-refractivity contribution in [3.8, 4) is 0 Å². The van der Waals surface area contributed by atoms with Gasteiger partial charge in [-0.2, -0.15) is 0 Å². The molecule has 6 nitrogen and oxygen atoms in total. The topological polar surface area (TPSA) is 67.6 Å². The van der Waals surface area contributed by atoms with Crippen LogP contribution in [0.4, 0.5) is 0 Å². The largest absolute Gasteiger partial charge is 0.373 e. The van der Waals surface area contributed by atoms with Crippen LogP contribution in [-0.4, -0.2) is 55.4 Å². The van der Waals surface area contributed by atoms with E-state index in [1.54, 1.807) is 11.8 Å². The summed E-state index contributed by atoms with van der Waals surface area (Å²) < 4.78 is 10.5. The van der Waals surface area contributed by atoms with E-state index < -0.39 is 0 Å². The molecule has 0 radical (unpaired) electrons. The van der Waals surface area contributed by atoms with Gasteiger partial charge in [0.2, 0.25) is 0 Å². The molecule has 1 aromatic heterocycles. The quantitative estimate of drug-likeness (QED) is 0.807. The average Bonchev–Trinajstić information content (AvgIpc) is 2.75. The molecule has 94 valence electrons. The van der Waals surface area contributed by atoms with E-state index in [0.29, 0.717) is 31.0 Å². The highest BCUT2D eigenvalue weighted by atomic mass is 16.5. The lowest BCUT2D eigenvalue weighted by Gasteiger charge is -2.32. The minimum Gasteiger partial charge on any atom is -0.373 e. The Labute approximate surface area is 99.9 Å². The van der Waals surface area contributed by atoms with Crippen LogP contribution in [0.3, 0.4) is 0 Å². The number of aromatic nitrogens is 1. The van der Waals surface area contributed by atoms with Crippen molar-refractivity contribution in [1.29, 1.82) is 0 Å². The van der Waals surface area contributed by atoms with Crippen LogP contribution in [-0.2, 0) is 4.74 Å². The Balaban J connectivity index is 2.02. The van der Waals surface area contributed by atoms with Crippen LogP contribution in [0.2, 0.25) is 0 Å². The third-order valence-corrected chi connectivity index (χ3v) is 2.84. The first-order chi connectivity index (χ1) is 8.22. The summed E-state index contributed by atoms with van der Waals surface area (Å²) in [7, 11) is 1.87. The first-order valence-corrected chi connectivity index (χ1v) is 5.69. The number of hydrogen-bond acceptors (Lipinski definition) is 5. The highest BCUT2D eigenvalue weighted by Gasteiger charge is 2.26. The summed E-state index contributed by atoms with van der Waals surface area (Å²) in [5, 5.41) is 6.68. The van der Waals surface area contributed by atoms with Gasteiger partial charge in [-0.15, -0.1) is 0 Å². The van der Waals surface area contributed by atoms with Crippen LogP contribution in [0.25, 0.3) is 0 Å². The molecule has 1 N–H and O–H groups in total. The Kier molecular flexibility index (Phi) is 3.75. The van der Waals surface area contributed by atoms with E-state index in [4.69, 9.17) is 9.26 Å². The molecule has 2 heterocycles. The second-order valence-electron chi connectivity index (χ2n) is 4.10. The molecule has 0 aromatic carbocycles. The number of nitrogens with zero attached hydrogens (tertiary/aromatic N) is 2. The zero-order valence-corrected chi connectivity index (χ0v) is 10.1. The number of likely N-dealkylation sites (N-methyl/N-ethyl adjacent to an activating group) is 1. The van der Waals surface area contributed by atoms with Crippen molar-refractivity contribution in [3.05, 3.63) is 17.5 Å². The monoisotopic (exact) mass is 239 g/mol. The first-order valence-electron chi connectivity index (χ1n) is 5.69. The molecule has 0 saturated carbocycles. The van der Waals surface area contributed by atoms with Gasteiger partial charge < -0.3 is 19.5 Å². The molecule has 2 rings (SSSR count). The fourth-order valence-electron chi connectivity index (χ4n) is 1.93. The lowest BCUT2D eigenvalue weighted by Crippen LogP contribution is -2.48. The first kappa shape index (κ1) is 12.1. The van der Waals surface area contributed by atoms with Crippen LogP contribution in [0.5, 0.6) is 0 Å². The third-order valence-electron chi connectivity index (χ3n) is 2.84. The van der Waals surface area contributed by atoms with Gasteiger partial charge in [0.25, 0.3) is 5.91 Å². The summed E-state index contributed by atoms with van der Waals surface area (Å²) >= 11 is 0. The zero-order chi connectivity index (χ0) is 12.3. The minimum absolute atomic E-state index is 0.0341. The second-order valence-corrected chi connectivity index (χ2v) is 4.10. The van der Waals surface area contributed by atoms with Crippen molar-refractivity contribution in [2.75, 3.05) is 33.3 Å². The molecule has 0 aliphatic carbocycles. The van der Waals surface area contributed by atoms with Gasteiger partial charge in [-0.05, 0) is 14.0 Å². The molecule has 1 atom stereocenters. The maximum Gasteiger partial charge on any atom is 0.259 e. The van der Waals surface area contributed by atoms with Gasteiger partial charge in [0.15, 0.2) is 0 Å². The zero-order valence-electron chi connectivity index (χ0n) is 10.1. The number of hydrogen-bond donors (Lipinski definition) is 1. The number of rotatable bonds is 3. The van der Waals surface area contributed by atoms with Gasteiger partial charge in [-0.3, -0.25) is 4.79 Å². The van der Waals surface area contributed by atoms with Crippen LogP contribution in [0, 0.1) is 6.92 Å². The van der Waals surface area contributed by atoms with Gasteiger partial charge in [0.1, 0.15) is 11.3 Å². The SMILES string of the molecule is CNCC1CN(C(=O)c2cnoc2C)CCO1. The van der Waals surface area contributed by atoms with Crippen molar-refractivity contribution >= 4 is 5.91 Å². The fraction of sp³-hybridized carbons (Fsp3) is 0.636. The highest BCUT2D eigenvalue weighted by molar-refractivity contribution is 5.94. The van der Waals surface area contributed by atoms with Crippen molar-refractivity contribution < 1.29 is 14.1 Å². The van der Waals surface area contributed by atoms with E-state index in [2.05, 4.69) is 10.5 Å². The highest BCUT2D eigenvalue weighted by Crippen LogP contribution is 2.13. The summed E-state index contributed by atoms with van der Waals surface area (Å²) in [5.41, 5.74) is 0.537. The average molecular weight is 239 g/mol. The minimum atomic E-state index is -0.0341. The van der Waals surface area contributed by atoms with Gasteiger partial charge >= 0.3 is 0 Å². The predicted octanol–water partition coefficient (Wildman–Crippen LogP) is 0.0434. The number of nitrogens with one attached hydrogen (secondary N) is 1. The molecular formula is C11H17N3O3. The predicted molar refractivity (Wildman–Crippen MR) is 60.8 cm³/mol. The Morgan fingerprint density at radius 3 is 3.18 bits per heavy atom. The number of aryl methyl sites for hydroxylation is 1. The van der Waals surface area contributed by atoms with E-state index in [9.17, 15) is 4.79 Å². The molecule has 1 saturated heterocycles. The molecule has 1 aromatic rings. The number of ether oxygens (including phenoxy) is 1. The van der Waals surface area contributed by atoms with Gasteiger partial charge in [-0.25, -0.2) is 0 Å². The molecular weight excluding hydrogens is 222 g/mol. The molecule has 0 bridgehead atoms. The maximum atomic E-state index is 12.2. The maximum absolute atomic E-state index is 12.2. The van der Waals surface area contributed by atoms with Crippen LogP contribution in [0.15, 0.2) is 10.7 Å². The Morgan fingerprint density at radius 1 is 1.71 bits per heavy atom. The molecule has 1 amide bonds. The molecule has 1 aliphatic heterocycles. The normalized spacial score (nSPS) is 20.6. The van der Waals surface area contributed by atoms with E-state index >= 15 is 0 Å². The lowest BCUT2D eigenvalue weighted by molar-refractivity contribution is -0.0196. The smallest absolute Gasteiger partial charge is 0.259 e. The molecule has 1 aliphatic rings. The Hall–Kier alpha value is -1.40. The van der Waals surface area contributed by atoms with E-state index in [1.807, 2.05) is 7.05 Å². The van der Waals surface area contributed by atoms with Crippen molar-refractivity contribution in [1.82, 2.24) is 15.4 Å². The van der Waals surface area contributed by atoms with Crippen LogP contribution >= 0.6 is 0 Å². The number of carbonyl (C=O) groups excluding carboxylic acids is 1. The molecule has 1 unspecified atom stereocenters. The van der Waals surface area contributed by atoms with Gasteiger partial charge in [-0.1, -0.05) is 5.16 Å². The summed E-state index contributed by atoms with van der Waals surface area (Å²) in [4.78, 5) is 14.0. The van der Waals surface area contributed by atoms with E-state index in [0.717, 1.165) is 6.54 Å². The standard InChI is InChI=1S/C11H17N3O3/c1-8-10(6-13-17-8)11(15)14-3-4-16-9(7-14)5-12-2/h6,9,12H,3-5,7H2,1-2H3. The Morgan fingerprint density at radius 2 is 2.53 bits per heavy atom. The Bertz CT molecular complexity index is 389. The van der Waals surface area contributed by atoms with Crippen LogP contribution in [0.1, 0.15) is 16.1 Å². The number of morpholine rings is 1. The lowest BCUT2D eigenvalue weighted by atomic mass is 10.2. The summed E-state index contributed by atoms with van der Waals surface area (Å²) in [6.45, 7) is 4.27. The summed E-state index contributed by atoms with van der Waals surface area (Å²) in [6.07, 6.45) is 1.53.